The number of fused-ring (bicyclic) bond motifs is 9. The van der Waals surface area contributed by atoms with Crippen LogP contribution in [0.15, 0.2) is 217 Å². The van der Waals surface area contributed by atoms with Gasteiger partial charge in [0.25, 0.3) is 0 Å². The second-order valence-corrected chi connectivity index (χ2v) is 16.1. The largest absolute Gasteiger partial charge is 0.456 e. The molecule has 0 amide bonds. The van der Waals surface area contributed by atoms with Crippen LogP contribution < -0.4 is 0 Å². The first-order valence-electron chi connectivity index (χ1n) is 21.2. The maximum Gasteiger partial charge on any atom is 0.138 e. The van der Waals surface area contributed by atoms with E-state index in [4.69, 9.17) is 14.4 Å². The summed E-state index contributed by atoms with van der Waals surface area (Å²) in [5.41, 5.74) is 16.3. The van der Waals surface area contributed by atoms with E-state index in [0.717, 1.165) is 100 Å². The quantitative estimate of drug-likeness (QED) is 0.168. The average molecular weight is 806 g/mol. The molecule has 6 heterocycles. The number of para-hydroxylation sites is 2. The maximum atomic E-state index is 6.17. The van der Waals surface area contributed by atoms with Crippen molar-refractivity contribution in [3.05, 3.63) is 213 Å². The van der Waals surface area contributed by atoms with E-state index < -0.39 is 0 Å². The first-order valence-corrected chi connectivity index (χ1v) is 21.2. The standard InChI is InChI=1S/C57H35N5O/c1-3-12-36(13-4-1)50-33-41(34-51(60-50)37-14-5-2-6-15-37)62-53-21-10-8-17-43(53)45-30-38(23-26-54(45)62)48-18-11-19-49(59-48)39-22-25-44-42-16-7-9-20-52(42)61(55(44)31-39)40-24-27-56-46(32-40)47-35-58-29-28-57(47)63-56/h1-35H. The normalized spacial score (nSPS) is 11.8. The summed E-state index contributed by atoms with van der Waals surface area (Å²) in [5, 5.41) is 6.78. The number of hydrogen-bond acceptors (Lipinski definition) is 4. The van der Waals surface area contributed by atoms with Gasteiger partial charge < -0.3 is 13.6 Å². The maximum absolute atomic E-state index is 6.17. The molecule has 0 N–H and O–H groups in total. The Hall–Kier alpha value is -8.61. The summed E-state index contributed by atoms with van der Waals surface area (Å²) in [6.45, 7) is 0. The molecule has 0 unspecified atom stereocenters. The van der Waals surface area contributed by atoms with Gasteiger partial charge in [0.15, 0.2) is 0 Å². The molecule has 7 aromatic carbocycles. The van der Waals surface area contributed by atoms with E-state index in [0.29, 0.717) is 0 Å². The van der Waals surface area contributed by atoms with Gasteiger partial charge in [-0.1, -0.05) is 121 Å². The molecule has 6 heteroatoms. The van der Waals surface area contributed by atoms with Crippen LogP contribution in [0, 0.1) is 0 Å². The summed E-state index contributed by atoms with van der Waals surface area (Å²) in [7, 11) is 0. The summed E-state index contributed by atoms with van der Waals surface area (Å²) in [5.74, 6) is 0. The van der Waals surface area contributed by atoms with Crippen molar-refractivity contribution < 1.29 is 4.42 Å². The van der Waals surface area contributed by atoms with Crippen molar-refractivity contribution in [3.8, 4) is 56.4 Å². The van der Waals surface area contributed by atoms with Gasteiger partial charge in [0, 0.05) is 72.7 Å². The van der Waals surface area contributed by atoms with Gasteiger partial charge in [0.1, 0.15) is 11.2 Å². The van der Waals surface area contributed by atoms with Crippen molar-refractivity contribution in [2.75, 3.05) is 0 Å². The SMILES string of the molecule is c1ccc(-c2cc(-n3c4ccccc4c4cc(-c5cccc(-c6ccc7c8ccccc8n(-c8ccc9oc%10ccncc%10c9c8)c7c6)n5)ccc43)cc(-c3ccccc3)n2)cc1. The summed E-state index contributed by atoms with van der Waals surface area (Å²) in [4.78, 5) is 14.9. The molecule has 0 radical (unpaired) electrons. The first kappa shape index (κ1) is 35.2. The fourth-order valence-corrected chi connectivity index (χ4v) is 9.48. The minimum Gasteiger partial charge on any atom is -0.456 e. The van der Waals surface area contributed by atoms with E-state index in [1.165, 1.54) is 21.5 Å². The fraction of sp³-hybridized carbons (Fsp3) is 0. The molecule has 0 spiro atoms. The highest BCUT2D eigenvalue weighted by molar-refractivity contribution is 6.12. The van der Waals surface area contributed by atoms with E-state index in [1.54, 1.807) is 6.20 Å². The van der Waals surface area contributed by atoms with E-state index in [2.05, 4.69) is 196 Å². The Bertz CT molecular complexity index is 3860. The Morgan fingerprint density at radius 1 is 0.317 bits per heavy atom. The van der Waals surface area contributed by atoms with Crippen LogP contribution in [-0.2, 0) is 0 Å². The van der Waals surface area contributed by atoms with Crippen LogP contribution >= 0.6 is 0 Å². The Morgan fingerprint density at radius 2 is 0.889 bits per heavy atom. The Kier molecular flexibility index (Phi) is 7.80. The summed E-state index contributed by atoms with van der Waals surface area (Å²) < 4.78 is 10.9. The molecule has 0 aliphatic heterocycles. The highest BCUT2D eigenvalue weighted by Gasteiger charge is 2.19. The molecule has 0 aliphatic carbocycles. The minimum absolute atomic E-state index is 0.834. The molecule has 0 saturated carbocycles. The predicted octanol–water partition coefficient (Wildman–Crippen LogP) is 14.6. The van der Waals surface area contributed by atoms with Gasteiger partial charge >= 0.3 is 0 Å². The first-order chi connectivity index (χ1) is 31.2. The number of furan rings is 1. The van der Waals surface area contributed by atoms with Gasteiger partial charge in [-0.25, -0.2) is 9.97 Å². The number of hydrogen-bond donors (Lipinski definition) is 0. The smallest absolute Gasteiger partial charge is 0.138 e. The minimum atomic E-state index is 0.834. The second-order valence-electron chi connectivity index (χ2n) is 16.1. The highest BCUT2D eigenvalue weighted by atomic mass is 16.3. The van der Waals surface area contributed by atoms with Gasteiger partial charge in [0.2, 0.25) is 0 Å². The molecule has 0 bridgehead atoms. The number of aromatic nitrogens is 5. The Balaban J connectivity index is 0.937. The molecule has 13 rings (SSSR count). The third-order valence-electron chi connectivity index (χ3n) is 12.4. The molecule has 0 atom stereocenters. The van der Waals surface area contributed by atoms with E-state index in [9.17, 15) is 0 Å². The van der Waals surface area contributed by atoms with Crippen molar-refractivity contribution in [2.45, 2.75) is 0 Å². The van der Waals surface area contributed by atoms with Crippen LogP contribution in [0.5, 0.6) is 0 Å². The van der Waals surface area contributed by atoms with Gasteiger partial charge in [-0.15, -0.1) is 0 Å². The Labute approximate surface area is 361 Å². The lowest BCUT2D eigenvalue weighted by atomic mass is 10.0. The van der Waals surface area contributed by atoms with Crippen LogP contribution in [0.2, 0.25) is 0 Å². The molecular weight excluding hydrogens is 771 g/mol. The molecule has 63 heavy (non-hydrogen) atoms. The summed E-state index contributed by atoms with van der Waals surface area (Å²) in [6.07, 6.45) is 3.65. The molecule has 6 aromatic heterocycles. The molecule has 13 aromatic rings. The van der Waals surface area contributed by atoms with Crippen LogP contribution in [0.4, 0.5) is 0 Å². The molecule has 0 aliphatic rings. The van der Waals surface area contributed by atoms with Crippen molar-refractivity contribution in [2.24, 2.45) is 0 Å². The predicted molar refractivity (Wildman–Crippen MR) is 258 cm³/mol. The van der Waals surface area contributed by atoms with Crippen LogP contribution in [0.1, 0.15) is 0 Å². The molecule has 6 nitrogen and oxygen atoms in total. The lowest BCUT2D eigenvalue weighted by Crippen LogP contribution is -1.98. The molecule has 0 saturated heterocycles. The Morgan fingerprint density at radius 3 is 1.62 bits per heavy atom. The van der Waals surface area contributed by atoms with Crippen LogP contribution in [0.3, 0.4) is 0 Å². The molecule has 0 fully saturated rings. The summed E-state index contributed by atoms with van der Waals surface area (Å²) in [6, 6.07) is 70.7. The van der Waals surface area contributed by atoms with Gasteiger partial charge in [-0.2, -0.15) is 0 Å². The summed E-state index contributed by atoms with van der Waals surface area (Å²) >= 11 is 0. The monoisotopic (exact) mass is 805 g/mol. The van der Waals surface area contributed by atoms with Crippen molar-refractivity contribution in [1.82, 2.24) is 24.1 Å². The zero-order chi connectivity index (χ0) is 41.4. The average Bonchev–Trinajstić information content (AvgIpc) is 4.01. The van der Waals surface area contributed by atoms with Gasteiger partial charge in [0.05, 0.1) is 50.5 Å². The van der Waals surface area contributed by atoms with Crippen molar-refractivity contribution >= 4 is 65.6 Å². The third-order valence-corrected chi connectivity index (χ3v) is 12.4. The number of benzene rings is 7. The zero-order valence-electron chi connectivity index (χ0n) is 33.9. The van der Waals surface area contributed by atoms with E-state index >= 15 is 0 Å². The van der Waals surface area contributed by atoms with E-state index in [-0.39, 0.29) is 0 Å². The fourth-order valence-electron chi connectivity index (χ4n) is 9.48. The van der Waals surface area contributed by atoms with Crippen LogP contribution in [0.25, 0.3) is 122 Å². The topological polar surface area (TPSA) is 61.7 Å². The van der Waals surface area contributed by atoms with Crippen molar-refractivity contribution in [1.29, 1.82) is 0 Å². The van der Waals surface area contributed by atoms with Crippen LogP contribution in [-0.4, -0.2) is 24.1 Å². The van der Waals surface area contributed by atoms with Crippen molar-refractivity contribution in [3.63, 3.8) is 0 Å². The molecule has 294 valence electrons. The molecular formula is C57H35N5O. The lowest BCUT2D eigenvalue weighted by Gasteiger charge is -2.13. The third kappa shape index (κ3) is 5.69. The number of rotatable bonds is 6. The second kappa shape index (κ2) is 14.0. The zero-order valence-corrected chi connectivity index (χ0v) is 33.9. The van der Waals surface area contributed by atoms with E-state index in [1.807, 2.05) is 24.4 Å². The van der Waals surface area contributed by atoms with Gasteiger partial charge in [-0.3, -0.25) is 4.98 Å². The number of pyridine rings is 3. The number of nitrogens with zero attached hydrogens (tertiary/aromatic N) is 5. The highest BCUT2D eigenvalue weighted by Crippen LogP contribution is 2.39. The van der Waals surface area contributed by atoms with Gasteiger partial charge in [-0.05, 0) is 78.9 Å². The lowest BCUT2D eigenvalue weighted by molar-refractivity contribution is 0.668.